The molecular weight excluding hydrogens is 634 g/mol. The molecule has 2 aromatic carbocycles. The van der Waals surface area contributed by atoms with Gasteiger partial charge in [0.05, 0.1) is 28.8 Å². The summed E-state index contributed by atoms with van der Waals surface area (Å²) in [6.07, 6.45) is 7.87. The first-order chi connectivity index (χ1) is 23.2. The minimum absolute atomic E-state index is 0.0265. The predicted octanol–water partition coefficient (Wildman–Crippen LogP) is 4.47. The number of likely N-dealkylation sites (tertiary alicyclic amines) is 1. The maximum atomic E-state index is 14.7. The SMILES string of the molecule is C[C@H]1[C@H](c2ccccc2)OC(=O)[C@@H]2[C@H](/C=C\CCC(=O)N1C)O[C@@]13C=CCN(c4ccccc4Cl)C(=O)[C@@H]1N(CCCCCO)C(=O)[C@@H]23. The number of likely N-dealkylation sites (N-methyl/N-ethyl adjacent to an activating group) is 1. The molecule has 254 valence electrons. The standard InChI is InChI=1S/C37H42ClN3O7/c1-24-32(25-14-5-3-6-15-25)47-36(46)30-28(18-9-10-19-29(43)39(24)2)48-37-20-13-22-40(27-17-8-7-16-26(27)38)35(45)33(37)41(34(44)31(30)37)21-11-4-12-23-42/h3,5-9,13-18,20,24,28,30-33,42H,4,10-12,19,21-23H2,1-2H3/b18-9-/t24-,28-,30+,31+,32+,33-,37+/m0/s1. The highest BCUT2D eigenvalue weighted by atomic mass is 35.5. The van der Waals surface area contributed by atoms with Crippen LogP contribution in [-0.2, 0) is 28.7 Å². The smallest absolute Gasteiger partial charge is 0.313 e. The molecular formula is C37H42ClN3O7. The first kappa shape index (κ1) is 33.9. The predicted molar refractivity (Wildman–Crippen MR) is 180 cm³/mol. The fraction of sp³-hybridized carbons (Fsp3) is 0.459. The molecule has 4 aliphatic rings. The number of hydrogen-bond acceptors (Lipinski definition) is 7. The lowest BCUT2D eigenvalue weighted by molar-refractivity contribution is -0.164. The number of rotatable bonds is 7. The molecule has 3 amide bonds. The number of carbonyl (C=O) groups excluding carboxylic acids is 4. The summed E-state index contributed by atoms with van der Waals surface area (Å²) in [7, 11) is 1.70. The van der Waals surface area contributed by atoms with Crippen molar-refractivity contribution < 1.29 is 33.8 Å². The van der Waals surface area contributed by atoms with Crippen LogP contribution in [0, 0.1) is 11.8 Å². The fourth-order valence-electron chi connectivity index (χ4n) is 7.59. The van der Waals surface area contributed by atoms with Crippen LogP contribution in [0.2, 0.25) is 5.02 Å². The van der Waals surface area contributed by atoms with Gasteiger partial charge in [0.15, 0.2) is 0 Å². The number of cyclic esters (lactones) is 1. The number of ether oxygens (including phenoxy) is 2. The largest absolute Gasteiger partial charge is 0.455 e. The summed E-state index contributed by atoms with van der Waals surface area (Å²) in [6, 6.07) is 14.7. The number of amides is 3. The van der Waals surface area contributed by atoms with Gasteiger partial charge in [-0.1, -0.05) is 78.4 Å². The van der Waals surface area contributed by atoms with Gasteiger partial charge < -0.3 is 29.3 Å². The number of allylic oxidation sites excluding steroid dienone is 1. The average molecular weight is 676 g/mol. The number of nitrogens with zero attached hydrogens (tertiary/aromatic N) is 3. The molecule has 0 unspecified atom stereocenters. The van der Waals surface area contributed by atoms with Crippen molar-refractivity contribution in [3.05, 3.63) is 89.5 Å². The summed E-state index contributed by atoms with van der Waals surface area (Å²) in [5, 5.41) is 9.77. The van der Waals surface area contributed by atoms with Crippen molar-refractivity contribution in [2.45, 2.75) is 68.9 Å². The second-order valence-corrected chi connectivity index (χ2v) is 13.3. The normalized spacial score (nSPS) is 31.4. The Morgan fingerprint density at radius 3 is 2.46 bits per heavy atom. The third-order valence-electron chi connectivity index (χ3n) is 10.1. The Bertz CT molecular complexity index is 1600. The number of anilines is 1. The van der Waals surface area contributed by atoms with Gasteiger partial charge in [0.2, 0.25) is 11.8 Å². The van der Waals surface area contributed by atoms with Gasteiger partial charge >= 0.3 is 5.97 Å². The van der Waals surface area contributed by atoms with E-state index in [2.05, 4.69) is 0 Å². The van der Waals surface area contributed by atoms with E-state index in [9.17, 15) is 24.3 Å². The Labute approximate surface area is 285 Å². The summed E-state index contributed by atoms with van der Waals surface area (Å²) < 4.78 is 13.1. The summed E-state index contributed by atoms with van der Waals surface area (Å²) in [6.45, 7) is 2.31. The lowest BCUT2D eigenvalue weighted by Crippen LogP contribution is -2.55. The van der Waals surface area contributed by atoms with Gasteiger partial charge in [0.25, 0.3) is 5.91 Å². The van der Waals surface area contributed by atoms with E-state index < -0.39 is 47.7 Å². The van der Waals surface area contributed by atoms with Crippen LogP contribution < -0.4 is 4.90 Å². The van der Waals surface area contributed by atoms with E-state index in [0.717, 1.165) is 5.56 Å². The van der Waals surface area contributed by atoms with Gasteiger partial charge in [-0.25, -0.2) is 0 Å². The van der Waals surface area contributed by atoms with E-state index in [1.165, 1.54) is 0 Å². The van der Waals surface area contributed by atoms with Crippen molar-refractivity contribution in [2.75, 3.05) is 31.6 Å². The van der Waals surface area contributed by atoms with Gasteiger partial charge in [-0.2, -0.15) is 0 Å². The molecule has 7 atom stereocenters. The molecule has 4 aliphatic heterocycles. The molecule has 0 bridgehead atoms. The molecule has 0 saturated carbocycles. The van der Waals surface area contributed by atoms with Crippen LogP contribution in [0.15, 0.2) is 78.9 Å². The number of carbonyl (C=O) groups is 4. The molecule has 0 aliphatic carbocycles. The minimum atomic E-state index is -1.46. The topological polar surface area (TPSA) is 117 Å². The Hall–Kier alpha value is -3.99. The summed E-state index contributed by atoms with van der Waals surface area (Å²) in [5.74, 6) is -3.53. The second-order valence-electron chi connectivity index (χ2n) is 12.9. The number of halogens is 1. The summed E-state index contributed by atoms with van der Waals surface area (Å²) in [4.78, 5) is 61.7. The zero-order valence-corrected chi connectivity index (χ0v) is 28.0. The van der Waals surface area contributed by atoms with Gasteiger partial charge in [-0.05, 0) is 50.3 Å². The van der Waals surface area contributed by atoms with E-state index >= 15 is 0 Å². The number of unbranched alkanes of at least 4 members (excludes halogenated alkanes) is 2. The first-order valence-corrected chi connectivity index (χ1v) is 17.1. The number of aliphatic hydroxyl groups is 1. The zero-order chi connectivity index (χ0) is 34.0. The number of aliphatic hydroxyl groups excluding tert-OH is 1. The van der Waals surface area contributed by atoms with Crippen LogP contribution in [0.25, 0.3) is 0 Å². The Morgan fingerprint density at radius 1 is 0.958 bits per heavy atom. The van der Waals surface area contributed by atoms with E-state index in [1.54, 1.807) is 64.2 Å². The highest BCUT2D eigenvalue weighted by Crippen LogP contribution is 2.54. The van der Waals surface area contributed by atoms with Crippen LogP contribution >= 0.6 is 11.6 Å². The minimum Gasteiger partial charge on any atom is -0.455 e. The molecule has 11 heteroatoms. The molecule has 2 aromatic rings. The number of para-hydroxylation sites is 1. The number of benzene rings is 2. The zero-order valence-electron chi connectivity index (χ0n) is 27.2. The quantitative estimate of drug-likeness (QED) is 0.262. The maximum absolute atomic E-state index is 14.7. The molecule has 2 saturated heterocycles. The van der Waals surface area contributed by atoms with Crippen LogP contribution in [0.4, 0.5) is 5.69 Å². The number of fused-ring (bicyclic) bond motifs is 2. The van der Waals surface area contributed by atoms with E-state index in [-0.39, 0.29) is 43.8 Å². The maximum Gasteiger partial charge on any atom is 0.313 e. The van der Waals surface area contributed by atoms with Crippen molar-refractivity contribution in [2.24, 2.45) is 11.8 Å². The molecule has 0 radical (unpaired) electrons. The summed E-state index contributed by atoms with van der Waals surface area (Å²) >= 11 is 6.57. The lowest BCUT2D eigenvalue weighted by atomic mass is 9.77. The van der Waals surface area contributed by atoms with E-state index in [0.29, 0.717) is 36.4 Å². The van der Waals surface area contributed by atoms with Gasteiger partial charge in [-0.15, -0.1) is 0 Å². The van der Waals surface area contributed by atoms with Crippen LogP contribution in [-0.4, -0.2) is 89.1 Å². The van der Waals surface area contributed by atoms with Crippen molar-refractivity contribution in [3.8, 4) is 0 Å². The molecule has 10 nitrogen and oxygen atoms in total. The average Bonchev–Trinajstić information content (AvgIpc) is 3.47. The Morgan fingerprint density at radius 2 is 1.71 bits per heavy atom. The third kappa shape index (κ3) is 6.06. The lowest BCUT2D eigenvalue weighted by Gasteiger charge is -2.35. The summed E-state index contributed by atoms with van der Waals surface area (Å²) in [5.41, 5.74) is -0.225. The monoisotopic (exact) mass is 675 g/mol. The molecule has 0 aromatic heterocycles. The van der Waals surface area contributed by atoms with Crippen molar-refractivity contribution in [1.29, 1.82) is 0 Å². The van der Waals surface area contributed by atoms with Crippen molar-refractivity contribution in [3.63, 3.8) is 0 Å². The van der Waals surface area contributed by atoms with Gasteiger partial charge in [-0.3, -0.25) is 19.2 Å². The van der Waals surface area contributed by atoms with E-state index in [1.807, 2.05) is 43.3 Å². The molecule has 1 spiro atoms. The third-order valence-corrected chi connectivity index (χ3v) is 10.5. The van der Waals surface area contributed by atoms with Gasteiger partial charge in [0, 0.05) is 33.2 Å². The fourth-order valence-corrected chi connectivity index (χ4v) is 7.82. The van der Waals surface area contributed by atoms with Crippen LogP contribution in [0.3, 0.4) is 0 Å². The number of esters is 1. The molecule has 48 heavy (non-hydrogen) atoms. The van der Waals surface area contributed by atoms with E-state index in [4.69, 9.17) is 21.1 Å². The molecule has 2 fully saturated rings. The van der Waals surface area contributed by atoms with Crippen LogP contribution in [0.5, 0.6) is 0 Å². The highest BCUT2D eigenvalue weighted by Gasteiger charge is 2.71. The first-order valence-electron chi connectivity index (χ1n) is 16.7. The highest BCUT2D eigenvalue weighted by molar-refractivity contribution is 6.34. The Balaban J connectivity index is 1.43. The Kier molecular flexibility index (Phi) is 10.1. The van der Waals surface area contributed by atoms with Crippen LogP contribution in [0.1, 0.15) is 50.7 Å². The van der Waals surface area contributed by atoms with Crippen molar-refractivity contribution in [1.82, 2.24) is 9.80 Å². The molecule has 6 rings (SSSR count). The van der Waals surface area contributed by atoms with Crippen molar-refractivity contribution >= 4 is 41.0 Å². The number of hydrogen-bond donors (Lipinski definition) is 1. The molecule has 1 N–H and O–H groups in total. The van der Waals surface area contributed by atoms with Gasteiger partial charge in [0.1, 0.15) is 23.7 Å². The molecule has 4 heterocycles. The second kappa shape index (κ2) is 14.2.